The highest BCUT2D eigenvalue weighted by molar-refractivity contribution is 4.09. The van der Waals surface area contributed by atoms with Crippen molar-refractivity contribution in [1.29, 1.82) is 0 Å². The molecule has 0 aliphatic rings. The van der Waals surface area contributed by atoms with Gasteiger partial charge in [0.25, 0.3) is 0 Å². The molecule has 2 nitrogen and oxygen atoms in total. The lowest BCUT2D eigenvalue weighted by Gasteiger charge is -1.91. The van der Waals surface area contributed by atoms with Crippen LogP contribution in [0.1, 0.15) is 12.6 Å². The molecule has 0 bridgehead atoms. The number of hydrogen-bond acceptors (Lipinski definition) is 0. The third kappa shape index (κ3) is 17.7. The summed E-state index contributed by atoms with van der Waals surface area (Å²) in [6.45, 7) is 5.89. The molecule has 0 aliphatic heterocycles. The van der Waals surface area contributed by atoms with Crippen molar-refractivity contribution in [1.82, 2.24) is 0 Å². The Morgan fingerprint density at radius 3 is 2.11 bits per heavy atom. The highest BCUT2D eigenvalue weighted by Crippen LogP contribution is 1.30. The van der Waals surface area contributed by atoms with Crippen molar-refractivity contribution >= 4 is 0 Å². The molecule has 0 aliphatic carbocycles. The summed E-state index contributed by atoms with van der Waals surface area (Å²) in [5.74, 6) is 0. The van der Waals surface area contributed by atoms with Crippen LogP contribution in [0.4, 0.5) is 0 Å². The summed E-state index contributed by atoms with van der Waals surface area (Å²) in [5.41, 5.74) is 0. The van der Waals surface area contributed by atoms with Gasteiger partial charge in [-0.1, -0.05) is 0 Å². The molecule has 0 heterocycles. The zero-order chi connectivity index (χ0) is 5.54. The van der Waals surface area contributed by atoms with Crippen molar-refractivity contribution < 1.29 is 41.2 Å². The van der Waals surface area contributed by atoms with E-state index in [4.69, 9.17) is 0 Å². The minimum atomic E-state index is 0. The molecule has 0 unspecified atom stereocenters. The number of halogens is 2. The Bertz CT molecular complexity index is 43.7. The van der Waals surface area contributed by atoms with E-state index in [0.29, 0.717) is 0 Å². The van der Waals surface area contributed by atoms with Crippen LogP contribution in [0.15, 0.2) is 0 Å². The second-order valence-electron chi connectivity index (χ2n) is 1.68. The van der Waals surface area contributed by atoms with E-state index in [1.807, 2.05) is 0 Å². The van der Waals surface area contributed by atoms with Crippen LogP contribution in [0.5, 0.6) is 0 Å². The molecule has 9 heavy (non-hydrogen) atoms. The van der Waals surface area contributed by atoms with Crippen LogP contribution < -0.4 is 35.4 Å². The molecular formula is C5H24Cl2N2. The molecule has 0 saturated heterocycles. The van der Waals surface area contributed by atoms with Gasteiger partial charge in [0.2, 0.25) is 0 Å². The van der Waals surface area contributed by atoms with Gasteiger partial charge in [0, 0.05) is 5.71 Å². The molecular weight excluding hydrogens is 159 g/mol. The molecule has 0 amide bonds. The van der Waals surface area contributed by atoms with Gasteiger partial charge >= 0.3 is 0 Å². The first-order valence-electron chi connectivity index (χ1n) is 3.01. The molecule has 0 aromatic rings. The van der Waals surface area contributed by atoms with E-state index in [2.05, 4.69) is 24.6 Å². The van der Waals surface area contributed by atoms with E-state index in [1.165, 1.54) is 19.6 Å². The highest BCUT2D eigenvalue weighted by Gasteiger charge is 1.82. The van der Waals surface area contributed by atoms with Crippen molar-refractivity contribution in [2.24, 2.45) is 0 Å². The Morgan fingerprint density at radius 1 is 1.22 bits per heavy atom. The van der Waals surface area contributed by atoms with Crippen LogP contribution in [0.25, 0.3) is 0 Å². The summed E-state index contributed by atoms with van der Waals surface area (Å²) in [6.07, 6.45) is 0. The van der Waals surface area contributed by atoms with Crippen LogP contribution in [-0.4, -0.2) is 26.7 Å². The lowest BCUT2D eigenvalue weighted by molar-refractivity contribution is -0.710. The second kappa shape index (κ2) is 15.8. The Morgan fingerprint density at radius 2 is 1.78 bits per heavy atom. The van der Waals surface area contributed by atoms with Gasteiger partial charge in [0.1, 0.15) is 13.1 Å². The van der Waals surface area contributed by atoms with E-state index < -0.39 is 0 Å². The van der Waals surface area contributed by atoms with E-state index in [1.54, 1.807) is 0 Å². The van der Waals surface area contributed by atoms with E-state index in [-0.39, 0.29) is 30.5 Å². The first kappa shape index (κ1) is 16.2. The van der Waals surface area contributed by atoms with E-state index >= 15 is 0 Å². The normalized spacial score (nSPS) is 7.33. The maximum atomic E-state index is 2.31. The summed E-state index contributed by atoms with van der Waals surface area (Å²) in [5, 5.41) is 4.51. The fraction of sp³-hybridized carbons (Fsp3) is 1.00. The summed E-state index contributed by atoms with van der Waals surface area (Å²) in [7, 11) is 2.10. The second-order valence-corrected chi connectivity index (χ2v) is 1.68. The summed E-state index contributed by atoms with van der Waals surface area (Å²) in [6, 6.07) is 0. The highest BCUT2D eigenvalue weighted by atomic mass is 35.5. The molecule has 0 atom stereocenters. The Labute approximate surface area is 75.5 Å². The van der Waals surface area contributed by atoms with E-state index in [9.17, 15) is 0 Å². The van der Waals surface area contributed by atoms with Gasteiger partial charge in [-0.3, -0.25) is 0 Å². The largest absolute Gasteiger partial charge is 1.00 e. The molecule has 0 saturated carbocycles. The van der Waals surface area contributed by atoms with Crippen LogP contribution in [-0.2, 0) is 0 Å². The third-order valence-electron chi connectivity index (χ3n) is 0.948. The molecule has 0 fully saturated rings. The Balaban J connectivity index is -0.0000000120. The van der Waals surface area contributed by atoms with Gasteiger partial charge in [0.05, 0.1) is 13.6 Å². The molecule has 68 valence electrons. The maximum Gasteiger partial charge on any atom is 0.125 e. The van der Waals surface area contributed by atoms with Gasteiger partial charge in [-0.25, -0.2) is 0 Å². The average Bonchev–Trinajstić information content (AvgIpc) is 1.69. The lowest BCUT2D eigenvalue weighted by atomic mass is 10.6. The van der Waals surface area contributed by atoms with Gasteiger partial charge in [-0.05, 0) is 6.92 Å². The minimum Gasteiger partial charge on any atom is -1.00 e. The summed E-state index contributed by atoms with van der Waals surface area (Å²) in [4.78, 5) is 0. The fourth-order valence-electron chi connectivity index (χ4n) is 0.489. The maximum absolute atomic E-state index is 2.31. The molecule has 4 N–H and O–H groups in total. The van der Waals surface area contributed by atoms with Crippen LogP contribution in [0, 0.1) is 0 Å². The number of nitrogens with two attached hydrogens (primary N) is 2. The van der Waals surface area contributed by atoms with Gasteiger partial charge < -0.3 is 35.4 Å². The van der Waals surface area contributed by atoms with Crippen molar-refractivity contribution in [3.63, 3.8) is 0 Å². The zero-order valence-electron chi connectivity index (χ0n) is 6.03. The number of rotatable bonds is 4. The number of quaternary nitrogens is 2. The first-order valence-corrected chi connectivity index (χ1v) is 3.01. The Hall–Kier alpha value is 0.500. The predicted octanol–water partition coefficient (Wildman–Crippen LogP) is -7.25. The molecule has 0 aromatic heterocycles. The predicted molar refractivity (Wildman–Crippen MR) is 38.5 cm³/mol. The van der Waals surface area contributed by atoms with Crippen molar-refractivity contribution in [2.75, 3.05) is 26.7 Å². The fourth-order valence-corrected chi connectivity index (χ4v) is 0.489. The van der Waals surface area contributed by atoms with Crippen LogP contribution >= 0.6 is 0 Å². The third-order valence-corrected chi connectivity index (χ3v) is 0.948. The molecule has 0 spiro atoms. The number of likely N-dealkylation sites (N-methyl/N-ethyl adjacent to an activating group) is 2. The van der Waals surface area contributed by atoms with Crippen LogP contribution in [0.2, 0.25) is 0 Å². The zero-order valence-corrected chi connectivity index (χ0v) is 7.54. The van der Waals surface area contributed by atoms with Crippen molar-refractivity contribution in [3.8, 4) is 0 Å². The summed E-state index contributed by atoms with van der Waals surface area (Å²) >= 11 is 0. The van der Waals surface area contributed by atoms with Crippen LogP contribution in [0.3, 0.4) is 0 Å². The molecule has 0 rings (SSSR count). The van der Waals surface area contributed by atoms with E-state index in [0.717, 1.165) is 0 Å². The quantitative estimate of drug-likeness (QED) is 0.406. The van der Waals surface area contributed by atoms with Gasteiger partial charge in [0.15, 0.2) is 0 Å². The molecule has 0 aromatic carbocycles. The first-order chi connectivity index (χ1) is 3.41. The standard InChI is InChI=1S/C5H14N2.2ClH.4H2/c1-3-7-5-4-6-2;;;;;;/h6-7H,3-5H2,1-2H3;6*1H. The molecule has 0 radical (unpaired) electrons. The Kier molecular flexibility index (Phi) is 28.5. The smallest absolute Gasteiger partial charge is 0.125 e. The van der Waals surface area contributed by atoms with Crippen molar-refractivity contribution in [3.05, 3.63) is 0 Å². The lowest BCUT2D eigenvalue weighted by Crippen LogP contribution is -3.00. The monoisotopic (exact) mass is 182 g/mol. The average molecular weight is 183 g/mol. The SMILES string of the molecule is CC[NH2+]CC[NH2+]C.[Cl-].[Cl-].[HH].[HH].[HH].[HH]. The minimum absolute atomic E-state index is 0. The van der Waals surface area contributed by atoms with Crippen molar-refractivity contribution in [2.45, 2.75) is 6.92 Å². The number of hydrogen-bond donors (Lipinski definition) is 2. The summed E-state index contributed by atoms with van der Waals surface area (Å²) < 4.78 is 0. The molecule has 4 heteroatoms. The van der Waals surface area contributed by atoms with Gasteiger partial charge in [-0.15, -0.1) is 0 Å². The van der Waals surface area contributed by atoms with Gasteiger partial charge in [-0.2, -0.15) is 0 Å². The topological polar surface area (TPSA) is 33.2 Å².